The second kappa shape index (κ2) is 3.93. The Balaban J connectivity index is 2.30. The van der Waals surface area contributed by atoms with E-state index in [1.807, 2.05) is 6.92 Å². The van der Waals surface area contributed by atoms with Crippen molar-refractivity contribution in [3.05, 3.63) is 29.6 Å². The van der Waals surface area contributed by atoms with E-state index in [9.17, 15) is 0 Å². The highest BCUT2D eigenvalue weighted by molar-refractivity contribution is 5.78. The fraction of sp³-hybridized carbons (Fsp3) is 0.500. The lowest BCUT2D eigenvalue weighted by atomic mass is 9.88. The van der Waals surface area contributed by atoms with Gasteiger partial charge >= 0.3 is 0 Å². The van der Waals surface area contributed by atoms with Crippen molar-refractivity contribution in [1.29, 1.82) is 0 Å². The van der Waals surface area contributed by atoms with Crippen LogP contribution in [0.4, 0.5) is 0 Å². The van der Waals surface area contributed by atoms with Crippen molar-refractivity contribution in [2.45, 2.75) is 40.5 Å². The van der Waals surface area contributed by atoms with E-state index in [0.717, 1.165) is 23.3 Å². The lowest BCUT2D eigenvalue weighted by molar-refractivity contribution is 0.378. The number of nitrogens with zero attached hydrogens (tertiary/aromatic N) is 1. The molecule has 2 heteroatoms. The summed E-state index contributed by atoms with van der Waals surface area (Å²) in [6.45, 7) is 8.85. The summed E-state index contributed by atoms with van der Waals surface area (Å²) in [4.78, 5) is 7.84. The van der Waals surface area contributed by atoms with Crippen LogP contribution in [0.15, 0.2) is 18.2 Å². The van der Waals surface area contributed by atoms with Gasteiger partial charge < -0.3 is 4.98 Å². The number of hydrogen-bond donors (Lipinski definition) is 1. The van der Waals surface area contributed by atoms with E-state index in [0.29, 0.717) is 5.41 Å². The third kappa shape index (κ3) is 2.43. The number of imidazole rings is 1. The van der Waals surface area contributed by atoms with Crippen LogP contribution in [0.1, 0.15) is 38.6 Å². The second-order valence-corrected chi connectivity index (χ2v) is 5.70. The van der Waals surface area contributed by atoms with Crippen molar-refractivity contribution in [2.75, 3.05) is 0 Å². The molecule has 1 heterocycles. The lowest BCUT2D eigenvalue weighted by Crippen LogP contribution is -2.06. The Morgan fingerprint density at radius 3 is 2.69 bits per heavy atom. The normalized spacial score (nSPS) is 12.2. The summed E-state index contributed by atoms with van der Waals surface area (Å²) < 4.78 is 0. The van der Waals surface area contributed by atoms with Gasteiger partial charge in [0, 0.05) is 0 Å². The van der Waals surface area contributed by atoms with Crippen LogP contribution in [0.2, 0.25) is 0 Å². The monoisotopic (exact) mass is 216 g/mol. The third-order valence-electron chi connectivity index (χ3n) is 2.86. The summed E-state index contributed by atoms with van der Waals surface area (Å²) in [6.07, 6.45) is 2.29. The maximum absolute atomic E-state index is 4.56. The smallest absolute Gasteiger partial charge is 0.104 e. The maximum atomic E-state index is 4.56. The number of aryl methyl sites for hydroxylation is 2. The predicted octanol–water partition coefficient (Wildman–Crippen LogP) is 3.85. The molecule has 0 aliphatic heterocycles. The molecule has 0 bridgehead atoms. The molecule has 0 amide bonds. The molecule has 0 atom stereocenters. The highest BCUT2D eigenvalue weighted by atomic mass is 14.9. The molecule has 2 aromatic rings. The van der Waals surface area contributed by atoms with E-state index in [1.54, 1.807) is 0 Å². The highest BCUT2D eigenvalue weighted by Crippen LogP contribution is 2.24. The molecule has 2 nitrogen and oxygen atoms in total. The van der Waals surface area contributed by atoms with Gasteiger partial charge in [0.15, 0.2) is 0 Å². The van der Waals surface area contributed by atoms with Gasteiger partial charge in [0.25, 0.3) is 0 Å². The number of aromatic nitrogens is 2. The Morgan fingerprint density at radius 1 is 1.25 bits per heavy atom. The highest BCUT2D eigenvalue weighted by Gasteiger charge is 2.12. The van der Waals surface area contributed by atoms with Crippen LogP contribution in [0.25, 0.3) is 11.0 Å². The van der Waals surface area contributed by atoms with Gasteiger partial charge in [-0.05, 0) is 36.8 Å². The Bertz CT molecular complexity index is 489. The summed E-state index contributed by atoms with van der Waals surface area (Å²) in [5, 5.41) is 0. The molecule has 0 aliphatic rings. The second-order valence-electron chi connectivity index (χ2n) is 5.70. The minimum absolute atomic E-state index is 0.382. The lowest BCUT2D eigenvalue weighted by Gasteiger charge is -2.17. The number of para-hydroxylation sites is 1. The van der Waals surface area contributed by atoms with Crippen LogP contribution in [0.3, 0.4) is 0 Å². The standard InChI is InChI=1S/C14H20N2/c1-10-15-12-7-5-6-11(13(12)16-10)8-9-14(2,3)4/h5-7H,8-9H2,1-4H3,(H,15,16). The number of rotatable bonds is 2. The average molecular weight is 216 g/mol. The van der Waals surface area contributed by atoms with Crippen LogP contribution in [-0.2, 0) is 6.42 Å². The molecule has 86 valence electrons. The fourth-order valence-electron chi connectivity index (χ4n) is 1.93. The average Bonchev–Trinajstić information content (AvgIpc) is 2.54. The van der Waals surface area contributed by atoms with E-state index < -0.39 is 0 Å². The molecule has 0 radical (unpaired) electrons. The van der Waals surface area contributed by atoms with Crippen LogP contribution < -0.4 is 0 Å². The number of fused-ring (bicyclic) bond motifs is 1. The number of hydrogen-bond acceptors (Lipinski definition) is 1. The molecule has 1 aromatic carbocycles. The summed E-state index contributed by atoms with van der Waals surface area (Å²) in [6, 6.07) is 6.39. The van der Waals surface area contributed by atoms with Crippen LogP contribution in [-0.4, -0.2) is 9.97 Å². The molecule has 0 fully saturated rings. The van der Waals surface area contributed by atoms with Gasteiger partial charge in [0.05, 0.1) is 11.0 Å². The molecule has 0 unspecified atom stereocenters. The van der Waals surface area contributed by atoms with E-state index in [2.05, 4.69) is 48.9 Å². The van der Waals surface area contributed by atoms with Gasteiger partial charge in [-0.1, -0.05) is 32.9 Å². The van der Waals surface area contributed by atoms with Gasteiger partial charge in [-0.3, -0.25) is 0 Å². The van der Waals surface area contributed by atoms with E-state index in [4.69, 9.17) is 0 Å². The zero-order chi connectivity index (χ0) is 11.8. The minimum Gasteiger partial charge on any atom is -0.342 e. The van der Waals surface area contributed by atoms with Gasteiger partial charge in [-0.25, -0.2) is 4.98 Å². The molecule has 2 rings (SSSR count). The fourth-order valence-corrected chi connectivity index (χ4v) is 1.93. The van der Waals surface area contributed by atoms with Crippen LogP contribution in [0, 0.1) is 12.3 Å². The summed E-state index contributed by atoms with van der Waals surface area (Å²) in [5.74, 6) is 0.998. The quantitative estimate of drug-likeness (QED) is 0.811. The van der Waals surface area contributed by atoms with Gasteiger partial charge in [-0.2, -0.15) is 0 Å². The van der Waals surface area contributed by atoms with Crippen molar-refractivity contribution in [3.63, 3.8) is 0 Å². The summed E-state index contributed by atoms with van der Waals surface area (Å²) in [5.41, 5.74) is 4.04. The molecule has 0 saturated heterocycles. The first-order chi connectivity index (χ1) is 7.46. The van der Waals surface area contributed by atoms with Gasteiger partial charge in [0.2, 0.25) is 0 Å². The van der Waals surface area contributed by atoms with E-state index in [1.165, 1.54) is 12.0 Å². The van der Waals surface area contributed by atoms with Crippen molar-refractivity contribution < 1.29 is 0 Å². The summed E-state index contributed by atoms with van der Waals surface area (Å²) in [7, 11) is 0. The number of nitrogens with one attached hydrogen (secondary N) is 1. The van der Waals surface area contributed by atoms with Crippen molar-refractivity contribution in [3.8, 4) is 0 Å². The predicted molar refractivity (Wildman–Crippen MR) is 68.6 cm³/mol. The Kier molecular flexibility index (Phi) is 2.75. The van der Waals surface area contributed by atoms with Crippen LogP contribution in [0.5, 0.6) is 0 Å². The first-order valence-electron chi connectivity index (χ1n) is 5.90. The largest absolute Gasteiger partial charge is 0.342 e. The van der Waals surface area contributed by atoms with Gasteiger partial charge in [0.1, 0.15) is 5.82 Å². The Labute approximate surface area is 97.1 Å². The zero-order valence-corrected chi connectivity index (χ0v) is 10.6. The number of benzene rings is 1. The third-order valence-corrected chi connectivity index (χ3v) is 2.86. The zero-order valence-electron chi connectivity index (χ0n) is 10.6. The molecule has 16 heavy (non-hydrogen) atoms. The first-order valence-corrected chi connectivity index (χ1v) is 5.90. The summed E-state index contributed by atoms with van der Waals surface area (Å²) >= 11 is 0. The molecule has 1 N–H and O–H groups in total. The number of H-pyrrole nitrogens is 1. The molecule has 0 spiro atoms. The topological polar surface area (TPSA) is 28.7 Å². The molecule has 0 aliphatic carbocycles. The van der Waals surface area contributed by atoms with Crippen LogP contribution >= 0.6 is 0 Å². The number of aromatic amines is 1. The SMILES string of the molecule is Cc1nc2c(CCC(C)(C)C)cccc2[nH]1. The Hall–Kier alpha value is -1.31. The first kappa shape index (κ1) is 11.2. The molecular weight excluding hydrogens is 196 g/mol. The minimum atomic E-state index is 0.382. The van der Waals surface area contributed by atoms with E-state index in [-0.39, 0.29) is 0 Å². The van der Waals surface area contributed by atoms with E-state index >= 15 is 0 Å². The molecule has 0 saturated carbocycles. The van der Waals surface area contributed by atoms with Crippen molar-refractivity contribution in [1.82, 2.24) is 9.97 Å². The Morgan fingerprint density at radius 2 is 2.00 bits per heavy atom. The van der Waals surface area contributed by atoms with Gasteiger partial charge in [-0.15, -0.1) is 0 Å². The maximum Gasteiger partial charge on any atom is 0.104 e. The van der Waals surface area contributed by atoms with Crippen molar-refractivity contribution >= 4 is 11.0 Å². The molecule has 1 aromatic heterocycles. The molecular formula is C14H20N2. The van der Waals surface area contributed by atoms with Crippen molar-refractivity contribution in [2.24, 2.45) is 5.41 Å².